The van der Waals surface area contributed by atoms with Crippen molar-refractivity contribution >= 4 is 21.6 Å². The fourth-order valence-corrected chi connectivity index (χ4v) is 3.54. The standard InChI is InChI=1S/C14H19N3OS/c1-14(6-3-2-4-7-14)15-9-11-16-10-5-8-19-12(10)13(18)17-11/h5,8,15H,2-4,6-7,9H2,1H3,(H,16,17,18). The van der Waals surface area contributed by atoms with Crippen LogP contribution in [0.3, 0.4) is 0 Å². The Hall–Kier alpha value is -1.20. The number of thiophene rings is 1. The number of rotatable bonds is 3. The fourth-order valence-electron chi connectivity index (χ4n) is 2.81. The molecule has 3 rings (SSSR count). The van der Waals surface area contributed by atoms with Crippen LogP contribution in [0.4, 0.5) is 0 Å². The molecule has 0 bridgehead atoms. The van der Waals surface area contributed by atoms with E-state index in [1.807, 2.05) is 11.4 Å². The van der Waals surface area contributed by atoms with E-state index in [9.17, 15) is 4.79 Å². The monoisotopic (exact) mass is 277 g/mol. The first-order valence-electron chi connectivity index (χ1n) is 6.88. The maximum atomic E-state index is 11.9. The van der Waals surface area contributed by atoms with Crippen LogP contribution in [-0.2, 0) is 6.54 Å². The van der Waals surface area contributed by atoms with Crippen molar-refractivity contribution in [1.82, 2.24) is 15.3 Å². The van der Waals surface area contributed by atoms with Crippen LogP contribution >= 0.6 is 11.3 Å². The van der Waals surface area contributed by atoms with E-state index < -0.39 is 0 Å². The van der Waals surface area contributed by atoms with Crippen LogP contribution in [0.25, 0.3) is 10.2 Å². The van der Waals surface area contributed by atoms with Gasteiger partial charge in [-0.2, -0.15) is 0 Å². The molecule has 102 valence electrons. The van der Waals surface area contributed by atoms with Gasteiger partial charge < -0.3 is 10.3 Å². The molecule has 2 aromatic heterocycles. The number of aromatic nitrogens is 2. The molecule has 2 aromatic rings. The van der Waals surface area contributed by atoms with Crippen molar-refractivity contribution in [3.63, 3.8) is 0 Å². The molecule has 5 heteroatoms. The van der Waals surface area contributed by atoms with Crippen LogP contribution < -0.4 is 10.9 Å². The average molecular weight is 277 g/mol. The highest BCUT2D eigenvalue weighted by Gasteiger charge is 2.26. The molecule has 2 N–H and O–H groups in total. The number of fused-ring (bicyclic) bond motifs is 1. The number of aromatic amines is 1. The van der Waals surface area contributed by atoms with E-state index in [1.165, 1.54) is 43.4 Å². The number of hydrogen-bond acceptors (Lipinski definition) is 4. The van der Waals surface area contributed by atoms with Gasteiger partial charge in [0.25, 0.3) is 5.56 Å². The van der Waals surface area contributed by atoms with Gasteiger partial charge in [-0.1, -0.05) is 19.3 Å². The molecular formula is C14H19N3OS. The third-order valence-electron chi connectivity index (χ3n) is 4.00. The van der Waals surface area contributed by atoms with Crippen molar-refractivity contribution in [1.29, 1.82) is 0 Å². The zero-order valence-corrected chi connectivity index (χ0v) is 12.0. The summed E-state index contributed by atoms with van der Waals surface area (Å²) in [5.74, 6) is 0.739. The molecule has 0 unspecified atom stereocenters. The first-order valence-corrected chi connectivity index (χ1v) is 7.76. The lowest BCUT2D eigenvalue weighted by Crippen LogP contribution is -2.43. The minimum Gasteiger partial charge on any atom is -0.308 e. The van der Waals surface area contributed by atoms with Gasteiger partial charge in [-0.25, -0.2) is 4.98 Å². The molecule has 0 spiro atoms. The van der Waals surface area contributed by atoms with Gasteiger partial charge in [0.1, 0.15) is 10.5 Å². The van der Waals surface area contributed by atoms with Crippen molar-refractivity contribution in [2.75, 3.05) is 0 Å². The molecule has 0 saturated heterocycles. The molecule has 4 nitrogen and oxygen atoms in total. The number of nitrogens with one attached hydrogen (secondary N) is 2. The maximum absolute atomic E-state index is 11.9. The Labute approximate surface area is 116 Å². The average Bonchev–Trinajstić information content (AvgIpc) is 2.86. The van der Waals surface area contributed by atoms with Gasteiger partial charge in [-0.3, -0.25) is 4.79 Å². The van der Waals surface area contributed by atoms with E-state index in [1.54, 1.807) is 0 Å². The Bertz CT molecular complexity index is 625. The quantitative estimate of drug-likeness (QED) is 0.907. The number of H-pyrrole nitrogens is 1. The summed E-state index contributed by atoms with van der Waals surface area (Å²) in [6.07, 6.45) is 6.33. The summed E-state index contributed by atoms with van der Waals surface area (Å²) in [5, 5.41) is 5.48. The lowest BCUT2D eigenvalue weighted by Gasteiger charge is -2.34. The van der Waals surface area contributed by atoms with Crippen molar-refractivity contribution in [2.24, 2.45) is 0 Å². The van der Waals surface area contributed by atoms with E-state index in [0.29, 0.717) is 11.2 Å². The smallest absolute Gasteiger partial charge is 0.268 e. The van der Waals surface area contributed by atoms with E-state index in [-0.39, 0.29) is 11.1 Å². The van der Waals surface area contributed by atoms with Crippen LogP contribution in [-0.4, -0.2) is 15.5 Å². The topological polar surface area (TPSA) is 57.8 Å². The molecule has 1 fully saturated rings. The second kappa shape index (κ2) is 5.06. The molecule has 1 aliphatic carbocycles. The molecular weight excluding hydrogens is 258 g/mol. The van der Waals surface area contributed by atoms with Crippen LogP contribution in [0.1, 0.15) is 44.9 Å². The highest BCUT2D eigenvalue weighted by atomic mass is 32.1. The van der Waals surface area contributed by atoms with Crippen LogP contribution in [0.5, 0.6) is 0 Å². The Morgan fingerprint density at radius 2 is 2.21 bits per heavy atom. The van der Waals surface area contributed by atoms with E-state index in [0.717, 1.165) is 11.3 Å². The molecule has 19 heavy (non-hydrogen) atoms. The fraction of sp³-hybridized carbons (Fsp3) is 0.571. The van der Waals surface area contributed by atoms with Gasteiger partial charge in [-0.05, 0) is 31.2 Å². The second-order valence-corrected chi connectivity index (χ2v) is 6.54. The lowest BCUT2D eigenvalue weighted by atomic mass is 9.83. The second-order valence-electron chi connectivity index (χ2n) is 5.62. The Balaban J connectivity index is 1.76. The number of nitrogens with zero attached hydrogens (tertiary/aromatic N) is 1. The summed E-state index contributed by atoms with van der Waals surface area (Å²) in [4.78, 5) is 19.3. The zero-order valence-electron chi connectivity index (χ0n) is 11.2. The minimum atomic E-state index is -0.0226. The predicted octanol–water partition coefficient (Wildman–Crippen LogP) is 2.80. The summed E-state index contributed by atoms with van der Waals surface area (Å²) in [7, 11) is 0. The van der Waals surface area contributed by atoms with E-state index >= 15 is 0 Å². The molecule has 0 aliphatic heterocycles. The molecule has 0 atom stereocenters. The summed E-state index contributed by atoms with van der Waals surface area (Å²) >= 11 is 1.44. The first-order chi connectivity index (χ1) is 9.16. The Morgan fingerprint density at radius 1 is 1.42 bits per heavy atom. The summed E-state index contributed by atoms with van der Waals surface area (Å²) in [5.41, 5.74) is 0.977. The highest BCUT2D eigenvalue weighted by Crippen LogP contribution is 2.27. The van der Waals surface area contributed by atoms with Gasteiger partial charge in [0.2, 0.25) is 0 Å². The largest absolute Gasteiger partial charge is 0.308 e. The third kappa shape index (κ3) is 2.72. The van der Waals surface area contributed by atoms with Crippen LogP contribution in [0, 0.1) is 0 Å². The van der Waals surface area contributed by atoms with E-state index in [4.69, 9.17) is 0 Å². The molecule has 1 saturated carbocycles. The van der Waals surface area contributed by atoms with Gasteiger partial charge in [0.05, 0.1) is 12.1 Å². The van der Waals surface area contributed by atoms with Crippen molar-refractivity contribution < 1.29 is 0 Å². The van der Waals surface area contributed by atoms with Gasteiger partial charge in [0, 0.05) is 5.54 Å². The van der Waals surface area contributed by atoms with Gasteiger partial charge >= 0.3 is 0 Å². The SMILES string of the molecule is CC1(NCc2nc3ccsc3c(=O)[nH]2)CCCCC1. The predicted molar refractivity (Wildman–Crippen MR) is 78.6 cm³/mol. The van der Waals surface area contributed by atoms with Crippen LogP contribution in [0.15, 0.2) is 16.2 Å². The van der Waals surface area contributed by atoms with Crippen molar-refractivity contribution in [2.45, 2.75) is 51.1 Å². The molecule has 0 amide bonds. The lowest BCUT2D eigenvalue weighted by molar-refractivity contribution is 0.250. The van der Waals surface area contributed by atoms with Crippen LogP contribution in [0.2, 0.25) is 0 Å². The van der Waals surface area contributed by atoms with Crippen molar-refractivity contribution in [3.8, 4) is 0 Å². The minimum absolute atomic E-state index is 0.0226. The summed E-state index contributed by atoms with van der Waals surface area (Å²) in [6.45, 7) is 2.91. The third-order valence-corrected chi connectivity index (χ3v) is 4.91. The van der Waals surface area contributed by atoms with Gasteiger partial charge in [-0.15, -0.1) is 11.3 Å². The Morgan fingerprint density at radius 3 is 3.00 bits per heavy atom. The zero-order chi connectivity index (χ0) is 13.3. The molecule has 0 radical (unpaired) electrons. The van der Waals surface area contributed by atoms with Gasteiger partial charge in [0.15, 0.2) is 0 Å². The Kier molecular flexibility index (Phi) is 3.41. The maximum Gasteiger partial charge on any atom is 0.268 e. The molecule has 0 aromatic carbocycles. The first kappa shape index (κ1) is 12.8. The molecule has 1 aliphatic rings. The van der Waals surface area contributed by atoms with Crippen molar-refractivity contribution in [3.05, 3.63) is 27.6 Å². The highest BCUT2D eigenvalue weighted by molar-refractivity contribution is 7.17. The molecule has 2 heterocycles. The summed E-state index contributed by atoms with van der Waals surface area (Å²) in [6, 6.07) is 1.90. The summed E-state index contributed by atoms with van der Waals surface area (Å²) < 4.78 is 0.715. The normalized spacial score (nSPS) is 18.8. The number of hydrogen-bond donors (Lipinski definition) is 2. The van der Waals surface area contributed by atoms with E-state index in [2.05, 4.69) is 22.2 Å².